The second kappa shape index (κ2) is 8.14. The van der Waals surface area contributed by atoms with Gasteiger partial charge in [0, 0.05) is 16.7 Å². The number of esters is 1. The number of anilines is 1. The first-order valence-corrected chi connectivity index (χ1v) is 10.1. The first kappa shape index (κ1) is 18.7. The Hall–Kier alpha value is -2.67. The summed E-state index contributed by atoms with van der Waals surface area (Å²) < 4.78 is 16.2. The molecule has 28 heavy (non-hydrogen) atoms. The standard InChI is InChI=1S/C21H21NO5S/c1-14-8-9-22(16-4-2-3-5-19(16)28-14)20(23)13-27-21(24)15-6-7-17-18(12-15)26-11-10-25-17/h2-7,12,14H,8-11,13H2,1H3/t14-/m1/s1. The van der Waals surface area contributed by atoms with Crippen LogP contribution in [0.5, 0.6) is 11.5 Å². The minimum Gasteiger partial charge on any atom is -0.486 e. The molecule has 0 spiro atoms. The second-order valence-corrected chi connectivity index (χ2v) is 8.15. The number of amides is 1. The van der Waals surface area contributed by atoms with E-state index in [4.69, 9.17) is 14.2 Å². The number of thioether (sulfide) groups is 1. The predicted molar refractivity (Wildman–Crippen MR) is 106 cm³/mol. The van der Waals surface area contributed by atoms with Gasteiger partial charge in [-0.1, -0.05) is 19.1 Å². The lowest BCUT2D eigenvalue weighted by atomic mass is 10.2. The highest BCUT2D eigenvalue weighted by atomic mass is 32.2. The summed E-state index contributed by atoms with van der Waals surface area (Å²) in [5, 5.41) is 0.416. The molecule has 1 atom stereocenters. The van der Waals surface area contributed by atoms with Crippen molar-refractivity contribution >= 4 is 29.3 Å². The van der Waals surface area contributed by atoms with Crippen molar-refractivity contribution < 1.29 is 23.8 Å². The van der Waals surface area contributed by atoms with Crippen LogP contribution in [0.25, 0.3) is 0 Å². The summed E-state index contributed by atoms with van der Waals surface area (Å²) in [6.45, 7) is 3.37. The van der Waals surface area contributed by atoms with Crippen molar-refractivity contribution in [3.63, 3.8) is 0 Å². The smallest absolute Gasteiger partial charge is 0.338 e. The van der Waals surface area contributed by atoms with Gasteiger partial charge in [-0.05, 0) is 36.8 Å². The van der Waals surface area contributed by atoms with Crippen LogP contribution in [0.4, 0.5) is 5.69 Å². The number of benzene rings is 2. The van der Waals surface area contributed by atoms with Crippen LogP contribution in [0.15, 0.2) is 47.4 Å². The normalized spacial score (nSPS) is 18.0. The molecule has 2 aromatic rings. The van der Waals surface area contributed by atoms with Gasteiger partial charge in [0.15, 0.2) is 18.1 Å². The van der Waals surface area contributed by atoms with Crippen molar-refractivity contribution in [2.75, 3.05) is 31.3 Å². The van der Waals surface area contributed by atoms with Crippen molar-refractivity contribution in [1.29, 1.82) is 0 Å². The van der Waals surface area contributed by atoms with Crippen LogP contribution in [-0.2, 0) is 9.53 Å². The highest BCUT2D eigenvalue weighted by molar-refractivity contribution is 8.00. The molecule has 1 amide bonds. The van der Waals surface area contributed by atoms with E-state index in [1.165, 1.54) is 0 Å². The van der Waals surface area contributed by atoms with E-state index in [-0.39, 0.29) is 12.5 Å². The van der Waals surface area contributed by atoms with Gasteiger partial charge < -0.3 is 19.1 Å². The first-order valence-electron chi connectivity index (χ1n) is 9.24. The number of hydrogen-bond donors (Lipinski definition) is 0. The third kappa shape index (κ3) is 3.94. The Balaban J connectivity index is 1.43. The maximum absolute atomic E-state index is 12.8. The van der Waals surface area contributed by atoms with Gasteiger partial charge in [-0.15, -0.1) is 11.8 Å². The van der Waals surface area contributed by atoms with Gasteiger partial charge in [0.1, 0.15) is 13.2 Å². The Morgan fingerprint density at radius 1 is 1.14 bits per heavy atom. The summed E-state index contributed by atoms with van der Waals surface area (Å²) in [5.41, 5.74) is 1.20. The second-order valence-electron chi connectivity index (χ2n) is 6.66. The predicted octanol–water partition coefficient (Wildman–Crippen LogP) is 3.53. The van der Waals surface area contributed by atoms with Gasteiger partial charge in [-0.2, -0.15) is 0 Å². The Labute approximate surface area is 167 Å². The number of rotatable bonds is 3. The number of fused-ring (bicyclic) bond motifs is 2. The van der Waals surface area contributed by atoms with E-state index in [0.29, 0.717) is 42.1 Å². The van der Waals surface area contributed by atoms with Gasteiger partial charge >= 0.3 is 5.97 Å². The lowest BCUT2D eigenvalue weighted by Crippen LogP contribution is -2.35. The van der Waals surface area contributed by atoms with Crippen LogP contribution in [0.2, 0.25) is 0 Å². The fraction of sp³-hybridized carbons (Fsp3) is 0.333. The molecule has 0 fully saturated rings. The lowest BCUT2D eigenvalue weighted by Gasteiger charge is -2.22. The van der Waals surface area contributed by atoms with Crippen LogP contribution in [-0.4, -0.2) is 43.5 Å². The molecule has 6 nitrogen and oxygen atoms in total. The molecule has 0 aliphatic carbocycles. The molecule has 4 rings (SSSR count). The minimum atomic E-state index is -0.559. The molecular formula is C21H21NO5S. The molecule has 2 aromatic carbocycles. The van der Waals surface area contributed by atoms with Crippen molar-refractivity contribution in [2.24, 2.45) is 0 Å². The highest BCUT2D eigenvalue weighted by Crippen LogP contribution is 2.37. The summed E-state index contributed by atoms with van der Waals surface area (Å²) >= 11 is 1.76. The monoisotopic (exact) mass is 399 g/mol. The zero-order valence-electron chi connectivity index (χ0n) is 15.6. The minimum absolute atomic E-state index is 0.229. The van der Waals surface area contributed by atoms with E-state index in [9.17, 15) is 9.59 Å². The molecule has 0 unspecified atom stereocenters. The molecule has 0 bridgehead atoms. The van der Waals surface area contributed by atoms with Crippen molar-refractivity contribution in [3.8, 4) is 11.5 Å². The third-order valence-corrected chi connectivity index (χ3v) is 5.89. The van der Waals surface area contributed by atoms with Crippen LogP contribution >= 0.6 is 11.8 Å². The molecule has 146 valence electrons. The van der Waals surface area contributed by atoms with E-state index in [0.717, 1.165) is 17.0 Å². The molecule has 7 heteroatoms. The Morgan fingerprint density at radius 2 is 1.93 bits per heavy atom. The van der Waals surface area contributed by atoms with E-state index in [1.807, 2.05) is 24.3 Å². The number of carbonyl (C=O) groups excluding carboxylic acids is 2. The van der Waals surface area contributed by atoms with E-state index < -0.39 is 5.97 Å². The molecule has 0 saturated heterocycles. The molecule has 2 aliphatic heterocycles. The number of nitrogens with zero attached hydrogens (tertiary/aromatic N) is 1. The van der Waals surface area contributed by atoms with Gasteiger partial charge in [0.05, 0.1) is 11.3 Å². The van der Waals surface area contributed by atoms with Crippen LogP contribution < -0.4 is 14.4 Å². The van der Waals surface area contributed by atoms with Gasteiger partial charge in [-0.3, -0.25) is 4.79 Å². The molecule has 0 N–H and O–H groups in total. The fourth-order valence-electron chi connectivity index (χ4n) is 3.20. The molecular weight excluding hydrogens is 378 g/mol. The summed E-state index contributed by atoms with van der Waals surface area (Å²) in [7, 11) is 0. The van der Waals surface area contributed by atoms with Crippen molar-refractivity contribution in [3.05, 3.63) is 48.0 Å². The summed E-state index contributed by atoms with van der Waals surface area (Å²) in [6, 6.07) is 12.7. The number of para-hydroxylation sites is 1. The van der Waals surface area contributed by atoms with Crippen LogP contribution in [0, 0.1) is 0 Å². The van der Waals surface area contributed by atoms with E-state index >= 15 is 0 Å². The van der Waals surface area contributed by atoms with Crippen molar-refractivity contribution in [1.82, 2.24) is 0 Å². The first-order chi connectivity index (χ1) is 13.6. The largest absolute Gasteiger partial charge is 0.486 e. The summed E-state index contributed by atoms with van der Waals surface area (Å²) in [4.78, 5) is 28.0. The Kier molecular flexibility index (Phi) is 5.43. The average molecular weight is 399 g/mol. The molecule has 2 aliphatic rings. The quantitative estimate of drug-likeness (QED) is 0.736. The van der Waals surface area contributed by atoms with E-state index in [1.54, 1.807) is 34.9 Å². The molecule has 0 radical (unpaired) electrons. The average Bonchev–Trinajstić information content (AvgIpc) is 2.89. The van der Waals surface area contributed by atoms with Crippen LogP contribution in [0.3, 0.4) is 0 Å². The van der Waals surface area contributed by atoms with Gasteiger partial charge in [0.25, 0.3) is 5.91 Å². The molecule has 0 aromatic heterocycles. The van der Waals surface area contributed by atoms with Crippen LogP contribution in [0.1, 0.15) is 23.7 Å². The number of ether oxygens (including phenoxy) is 3. The van der Waals surface area contributed by atoms with Crippen molar-refractivity contribution in [2.45, 2.75) is 23.5 Å². The Morgan fingerprint density at radius 3 is 2.79 bits per heavy atom. The third-order valence-electron chi connectivity index (χ3n) is 4.65. The maximum atomic E-state index is 12.8. The summed E-state index contributed by atoms with van der Waals surface area (Å²) in [5.74, 6) is 0.329. The SMILES string of the molecule is C[C@@H]1CCN(C(=O)COC(=O)c2ccc3c(c2)OCCO3)c2ccccc2S1. The number of hydrogen-bond acceptors (Lipinski definition) is 6. The number of carbonyl (C=O) groups is 2. The topological polar surface area (TPSA) is 65.1 Å². The van der Waals surface area contributed by atoms with E-state index in [2.05, 4.69) is 6.92 Å². The fourth-order valence-corrected chi connectivity index (χ4v) is 4.32. The molecule has 0 saturated carbocycles. The summed E-state index contributed by atoms with van der Waals surface area (Å²) in [6.07, 6.45) is 0.876. The zero-order valence-corrected chi connectivity index (χ0v) is 16.4. The molecule has 2 heterocycles. The Bertz CT molecular complexity index is 900. The van der Waals surface area contributed by atoms with Gasteiger partial charge in [0.2, 0.25) is 0 Å². The zero-order chi connectivity index (χ0) is 19.5. The lowest BCUT2D eigenvalue weighted by molar-refractivity contribution is -0.121. The highest BCUT2D eigenvalue weighted by Gasteiger charge is 2.25. The van der Waals surface area contributed by atoms with Gasteiger partial charge in [-0.25, -0.2) is 4.79 Å². The maximum Gasteiger partial charge on any atom is 0.338 e.